The molecule has 0 saturated carbocycles. The second-order valence-electron chi connectivity index (χ2n) is 5.80. The topological polar surface area (TPSA) is 30.5 Å². The van der Waals surface area contributed by atoms with Gasteiger partial charge in [-0.05, 0) is 53.0 Å². The van der Waals surface area contributed by atoms with Crippen LogP contribution in [0.15, 0.2) is 0 Å². The van der Waals surface area contributed by atoms with Gasteiger partial charge < -0.3 is 14.8 Å². The lowest BCUT2D eigenvalue weighted by molar-refractivity contribution is -0.0799. The molecule has 0 spiro atoms. The Hall–Kier alpha value is -0.120. The van der Waals surface area contributed by atoms with Crippen LogP contribution in [0.3, 0.4) is 0 Å². The van der Waals surface area contributed by atoms with Crippen molar-refractivity contribution in [1.29, 1.82) is 0 Å². The van der Waals surface area contributed by atoms with E-state index in [1.54, 1.807) is 0 Å². The van der Waals surface area contributed by atoms with E-state index in [0.29, 0.717) is 18.2 Å². The molecule has 2 aliphatic heterocycles. The maximum atomic E-state index is 5.98. The Kier molecular flexibility index (Phi) is 3.88. The number of rotatable bonds is 3. The minimum atomic E-state index is 0.0600. The Morgan fingerprint density at radius 2 is 2.19 bits per heavy atom. The van der Waals surface area contributed by atoms with Crippen LogP contribution in [0.5, 0.6) is 0 Å². The Bertz CT molecular complexity index is 230. The van der Waals surface area contributed by atoms with Gasteiger partial charge in [0.2, 0.25) is 0 Å². The van der Waals surface area contributed by atoms with Crippen LogP contribution in [-0.4, -0.2) is 37.0 Å². The van der Waals surface area contributed by atoms with Crippen LogP contribution in [0.1, 0.15) is 46.5 Å². The summed E-state index contributed by atoms with van der Waals surface area (Å²) in [6.07, 6.45) is 5.39. The molecule has 2 heterocycles. The van der Waals surface area contributed by atoms with E-state index in [4.69, 9.17) is 9.47 Å². The molecule has 0 bridgehead atoms. The van der Waals surface area contributed by atoms with E-state index < -0.39 is 0 Å². The third kappa shape index (κ3) is 3.19. The first-order valence-electron chi connectivity index (χ1n) is 6.60. The van der Waals surface area contributed by atoms with Crippen LogP contribution in [0.4, 0.5) is 0 Å². The highest BCUT2D eigenvalue weighted by Crippen LogP contribution is 2.29. The Morgan fingerprint density at radius 3 is 2.81 bits per heavy atom. The molecule has 3 heteroatoms. The molecule has 0 aliphatic carbocycles. The van der Waals surface area contributed by atoms with Gasteiger partial charge in [-0.3, -0.25) is 0 Å². The monoisotopic (exact) mass is 227 g/mol. The minimum absolute atomic E-state index is 0.0600. The molecule has 2 rings (SSSR count). The van der Waals surface area contributed by atoms with Crippen LogP contribution >= 0.6 is 0 Å². The summed E-state index contributed by atoms with van der Waals surface area (Å²) in [5.41, 5.74) is 0.0600. The summed E-state index contributed by atoms with van der Waals surface area (Å²) in [5.74, 6) is 0. The number of nitrogens with one attached hydrogen (secondary N) is 1. The molecule has 0 aromatic carbocycles. The first kappa shape index (κ1) is 12.3. The van der Waals surface area contributed by atoms with Crippen molar-refractivity contribution in [2.24, 2.45) is 0 Å². The molecule has 3 atom stereocenters. The van der Waals surface area contributed by atoms with Gasteiger partial charge in [0.05, 0.1) is 24.4 Å². The quantitative estimate of drug-likeness (QED) is 0.801. The SMILES string of the molecule is CC1NCCCC1OCC1CCC(C)(C)O1. The number of hydrogen-bond acceptors (Lipinski definition) is 3. The molecule has 16 heavy (non-hydrogen) atoms. The first-order valence-corrected chi connectivity index (χ1v) is 6.60. The fourth-order valence-corrected chi connectivity index (χ4v) is 2.67. The summed E-state index contributed by atoms with van der Waals surface area (Å²) in [5, 5.41) is 3.46. The van der Waals surface area contributed by atoms with Gasteiger partial charge in [0.25, 0.3) is 0 Å². The normalized spacial score (nSPS) is 38.8. The summed E-state index contributed by atoms with van der Waals surface area (Å²) in [6, 6.07) is 0.489. The standard InChI is InChI=1S/C13H25NO2/c1-10-12(5-4-8-14-10)15-9-11-6-7-13(2,3)16-11/h10-12,14H,4-9H2,1-3H3. The fraction of sp³-hybridized carbons (Fsp3) is 1.00. The predicted octanol–water partition coefficient (Wildman–Crippen LogP) is 2.10. The molecule has 3 nitrogen and oxygen atoms in total. The minimum Gasteiger partial charge on any atom is -0.374 e. The van der Waals surface area contributed by atoms with E-state index in [0.717, 1.165) is 26.0 Å². The van der Waals surface area contributed by atoms with Crippen molar-refractivity contribution in [2.45, 2.75) is 70.3 Å². The molecule has 0 aromatic heterocycles. The maximum absolute atomic E-state index is 5.98. The van der Waals surface area contributed by atoms with Crippen LogP contribution in [0, 0.1) is 0 Å². The van der Waals surface area contributed by atoms with Crippen molar-refractivity contribution in [3.05, 3.63) is 0 Å². The van der Waals surface area contributed by atoms with Crippen molar-refractivity contribution < 1.29 is 9.47 Å². The van der Waals surface area contributed by atoms with Crippen LogP contribution in [0.25, 0.3) is 0 Å². The van der Waals surface area contributed by atoms with E-state index in [9.17, 15) is 0 Å². The van der Waals surface area contributed by atoms with E-state index in [2.05, 4.69) is 26.1 Å². The third-order valence-corrected chi connectivity index (χ3v) is 3.74. The van der Waals surface area contributed by atoms with E-state index >= 15 is 0 Å². The van der Waals surface area contributed by atoms with Gasteiger partial charge in [-0.2, -0.15) is 0 Å². The van der Waals surface area contributed by atoms with Gasteiger partial charge >= 0.3 is 0 Å². The molecular weight excluding hydrogens is 202 g/mol. The molecule has 2 fully saturated rings. The average molecular weight is 227 g/mol. The van der Waals surface area contributed by atoms with Gasteiger partial charge in [-0.1, -0.05) is 0 Å². The fourth-order valence-electron chi connectivity index (χ4n) is 2.67. The zero-order valence-electron chi connectivity index (χ0n) is 10.8. The van der Waals surface area contributed by atoms with Gasteiger partial charge in [0, 0.05) is 6.04 Å². The van der Waals surface area contributed by atoms with E-state index in [-0.39, 0.29) is 5.60 Å². The third-order valence-electron chi connectivity index (χ3n) is 3.74. The molecular formula is C13H25NO2. The smallest absolute Gasteiger partial charge is 0.0817 e. The highest BCUT2D eigenvalue weighted by molar-refractivity contribution is 4.82. The predicted molar refractivity (Wildman–Crippen MR) is 64.6 cm³/mol. The lowest BCUT2D eigenvalue weighted by Gasteiger charge is -2.31. The molecule has 1 N–H and O–H groups in total. The molecule has 3 unspecified atom stereocenters. The summed E-state index contributed by atoms with van der Waals surface area (Å²) < 4.78 is 11.9. The van der Waals surface area contributed by atoms with E-state index in [1.807, 2.05) is 0 Å². The van der Waals surface area contributed by atoms with Gasteiger partial charge in [-0.25, -0.2) is 0 Å². The highest BCUT2D eigenvalue weighted by atomic mass is 16.6. The molecule has 0 amide bonds. The number of hydrogen-bond donors (Lipinski definition) is 1. The average Bonchev–Trinajstić information content (AvgIpc) is 2.57. The lowest BCUT2D eigenvalue weighted by atomic mass is 10.0. The second-order valence-corrected chi connectivity index (χ2v) is 5.80. The number of piperidine rings is 1. The highest BCUT2D eigenvalue weighted by Gasteiger charge is 2.32. The summed E-state index contributed by atoms with van der Waals surface area (Å²) in [4.78, 5) is 0. The largest absolute Gasteiger partial charge is 0.374 e. The molecule has 2 saturated heterocycles. The van der Waals surface area contributed by atoms with Crippen molar-refractivity contribution in [3.63, 3.8) is 0 Å². The van der Waals surface area contributed by atoms with Gasteiger partial charge in [0.15, 0.2) is 0 Å². The maximum Gasteiger partial charge on any atom is 0.0817 e. The van der Waals surface area contributed by atoms with Crippen molar-refractivity contribution in [3.8, 4) is 0 Å². The van der Waals surface area contributed by atoms with Crippen LogP contribution in [0.2, 0.25) is 0 Å². The molecule has 2 aliphatic rings. The van der Waals surface area contributed by atoms with Crippen LogP contribution < -0.4 is 5.32 Å². The summed E-state index contributed by atoms with van der Waals surface area (Å²) >= 11 is 0. The number of ether oxygens (including phenoxy) is 2. The Labute approximate surface area is 98.9 Å². The van der Waals surface area contributed by atoms with Crippen molar-refractivity contribution in [1.82, 2.24) is 5.32 Å². The second kappa shape index (κ2) is 5.03. The summed E-state index contributed by atoms with van der Waals surface area (Å²) in [7, 11) is 0. The lowest BCUT2D eigenvalue weighted by Crippen LogP contribution is -2.44. The van der Waals surface area contributed by atoms with Crippen molar-refractivity contribution >= 4 is 0 Å². The molecule has 0 aromatic rings. The zero-order chi connectivity index (χ0) is 11.6. The van der Waals surface area contributed by atoms with Crippen molar-refractivity contribution in [2.75, 3.05) is 13.2 Å². The zero-order valence-corrected chi connectivity index (χ0v) is 10.8. The molecule has 94 valence electrons. The van der Waals surface area contributed by atoms with Gasteiger partial charge in [-0.15, -0.1) is 0 Å². The van der Waals surface area contributed by atoms with Crippen LogP contribution in [-0.2, 0) is 9.47 Å². The summed E-state index contributed by atoms with van der Waals surface area (Å²) in [6.45, 7) is 8.44. The molecule has 0 radical (unpaired) electrons. The van der Waals surface area contributed by atoms with E-state index in [1.165, 1.54) is 12.8 Å². The van der Waals surface area contributed by atoms with Gasteiger partial charge in [0.1, 0.15) is 0 Å². The first-order chi connectivity index (χ1) is 7.57. The Balaban J connectivity index is 1.71. The Morgan fingerprint density at radius 1 is 1.38 bits per heavy atom.